The number of aromatic nitrogens is 2. The van der Waals surface area contributed by atoms with Crippen LogP contribution in [0.25, 0.3) is 0 Å². The summed E-state index contributed by atoms with van der Waals surface area (Å²) in [5, 5.41) is 0. The lowest BCUT2D eigenvalue weighted by atomic mass is 10.6. The largest absolute Gasteiger partial charge is 0.383 e. The fraction of sp³-hybridized carbons (Fsp3) is 0.667. The third kappa shape index (κ3) is 5.92. The lowest BCUT2D eigenvalue weighted by Crippen LogP contribution is -2.00. The highest BCUT2D eigenvalue weighted by Crippen LogP contribution is 1.84. The second kappa shape index (κ2) is 8.27. The van der Waals surface area contributed by atoms with E-state index in [0.717, 1.165) is 13.2 Å². The van der Waals surface area contributed by atoms with Gasteiger partial charge in [-0.2, -0.15) is 0 Å². The zero-order valence-electron chi connectivity index (χ0n) is 8.16. The quantitative estimate of drug-likeness (QED) is 0.693. The maximum absolute atomic E-state index is 4.87. The first kappa shape index (κ1) is 11.2. The minimum absolute atomic E-state index is 0.746. The SMILES string of the molecule is CCC.COCCn1ccnc1. The van der Waals surface area contributed by atoms with Crippen molar-refractivity contribution in [2.24, 2.45) is 0 Å². The number of nitrogens with zero attached hydrogens (tertiary/aromatic N) is 2. The fourth-order valence-corrected chi connectivity index (χ4v) is 0.616. The summed E-state index contributed by atoms with van der Waals surface area (Å²) < 4.78 is 6.84. The summed E-state index contributed by atoms with van der Waals surface area (Å²) in [6, 6.07) is 0. The Morgan fingerprint density at radius 1 is 1.42 bits per heavy atom. The van der Waals surface area contributed by atoms with Gasteiger partial charge in [-0.15, -0.1) is 0 Å². The summed E-state index contributed by atoms with van der Waals surface area (Å²) in [5.74, 6) is 0. The van der Waals surface area contributed by atoms with Crippen LogP contribution in [-0.4, -0.2) is 23.3 Å². The molecule has 1 rings (SSSR count). The van der Waals surface area contributed by atoms with Gasteiger partial charge in [0, 0.05) is 26.0 Å². The van der Waals surface area contributed by atoms with Crippen molar-refractivity contribution in [3.8, 4) is 0 Å². The van der Waals surface area contributed by atoms with E-state index in [-0.39, 0.29) is 0 Å². The summed E-state index contributed by atoms with van der Waals surface area (Å²) in [4.78, 5) is 3.88. The van der Waals surface area contributed by atoms with Gasteiger partial charge >= 0.3 is 0 Å². The van der Waals surface area contributed by atoms with E-state index in [9.17, 15) is 0 Å². The molecular formula is C9H18N2O. The van der Waals surface area contributed by atoms with Gasteiger partial charge in [-0.1, -0.05) is 20.3 Å². The van der Waals surface area contributed by atoms with Crippen molar-refractivity contribution in [1.82, 2.24) is 9.55 Å². The molecular weight excluding hydrogens is 152 g/mol. The molecule has 0 radical (unpaired) electrons. The molecule has 0 aromatic carbocycles. The molecule has 0 unspecified atom stereocenters. The van der Waals surface area contributed by atoms with Crippen molar-refractivity contribution in [3.05, 3.63) is 18.7 Å². The Kier molecular flexibility index (Phi) is 7.70. The first-order chi connectivity index (χ1) is 5.85. The monoisotopic (exact) mass is 170 g/mol. The number of ether oxygens (including phenoxy) is 1. The van der Waals surface area contributed by atoms with Crippen LogP contribution < -0.4 is 0 Å². The minimum Gasteiger partial charge on any atom is -0.383 e. The van der Waals surface area contributed by atoms with Gasteiger partial charge in [-0.3, -0.25) is 0 Å². The highest BCUT2D eigenvalue weighted by atomic mass is 16.5. The summed E-state index contributed by atoms with van der Waals surface area (Å²) in [5.41, 5.74) is 0. The number of rotatable bonds is 3. The van der Waals surface area contributed by atoms with E-state index in [1.54, 1.807) is 19.6 Å². The second-order valence-electron chi connectivity index (χ2n) is 2.50. The van der Waals surface area contributed by atoms with Crippen molar-refractivity contribution in [2.45, 2.75) is 26.8 Å². The standard InChI is InChI=1S/C6H10N2O.C3H8/c1-9-5-4-8-3-2-7-6-8;1-3-2/h2-3,6H,4-5H2,1H3;3H2,1-2H3. The lowest BCUT2D eigenvalue weighted by Gasteiger charge is -1.97. The smallest absolute Gasteiger partial charge is 0.0946 e. The normalized spacial score (nSPS) is 8.92. The van der Waals surface area contributed by atoms with Gasteiger partial charge in [0.2, 0.25) is 0 Å². The van der Waals surface area contributed by atoms with E-state index in [0.29, 0.717) is 0 Å². The molecule has 0 N–H and O–H groups in total. The third-order valence-electron chi connectivity index (χ3n) is 1.11. The second-order valence-corrected chi connectivity index (χ2v) is 2.50. The van der Waals surface area contributed by atoms with Crippen molar-refractivity contribution >= 4 is 0 Å². The minimum atomic E-state index is 0.746. The zero-order chi connectivity index (χ0) is 9.23. The molecule has 0 aliphatic heterocycles. The zero-order valence-corrected chi connectivity index (χ0v) is 8.16. The van der Waals surface area contributed by atoms with Crippen LogP contribution in [0.4, 0.5) is 0 Å². The molecule has 70 valence electrons. The predicted octanol–water partition coefficient (Wildman–Crippen LogP) is 1.95. The van der Waals surface area contributed by atoms with E-state index in [1.165, 1.54) is 6.42 Å². The van der Waals surface area contributed by atoms with Gasteiger partial charge in [-0.25, -0.2) is 4.98 Å². The van der Waals surface area contributed by atoms with Crippen molar-refractivity contribution in [2.75, 3.05) is 13.7 Å². The van der Waals surface area contributed by atoms with Gasteiger partial charge in [0.15, 0.2) is 0 Å². The molecule has 0 saturated heterocycles. The van der Waals surface area contributed by atoms with Crippen LogP contribution in [0.1, 0.15) is 20.3 Å². The number of hydrogen-bond donors (Lipinski definition) is 0. The van der Waals surface area contributed by atoms with Gasteiger partial charge in [0.05, 0.1) is 12.9 Å². The topological polar surface area (TPSA) is 27.1 Å². The van der Waals surface area contributed by atoms with E-state index in [2.05, 4.69) is 18.8 Å². The summed E-state index contributed by atoms with van der Waals surface area (Å²) in [6.45, 7) is 5.88. The Bertz CT molecular complexity index is 161. The van der Waals surface area contributed by atoms with E-state index < -0.39 is 0 Å². The number of imidazole rings is 1. The molecule has 0 amide bonds. The van der Waals surface area contributed by atoms with Crippen LogP contribution >= 0.6 is 0 Å². The van der Waals surface area contributed by atoms with Crippen molar-refractivity contribution in [3.63, 3.8) is 0 Å². The Labute approximate surface area is 74.4 Å². The first-order valence-corrected chi connectivity index (χ1v) is 4.29. The molecule has 0 aliphatic carbocycles. The van der Waals surface area contributed by atoms with Crippen molar-refractivity contribution < 1.29 is 4.74 Å². The first-order valence-electron chi connectivity index (χ1n) is 4.29. The predicted molar refractivity (Wildman–Crippen MR) is 50.1 cm³/mol. The average molecular weight is 170 g/mol. The Morgan fingerprint density at radius 2 is 2.08 bits per heavy atom. The number of methoxy groups -OCH3 is 1. The van der Waals surface area contributed by atoms with Gasteiger partial charge in [0.1, 0.15) is 0 Å². The van der Waals surface area contributed by atoms with Gasteiger partial charge in [-0.05, 0) is 0 Å². The Balaban J connectivity index is 0.000000354. The van der Waals surface area contributed by atoms with E-state index in [1.807, 2.05) is 10.8 Å². The van der Waals surface area contributed by atoms with E-state index in [4.69, 9.17) is 4.74 Å². The van der Waals surface area contributed by atoms with Gasteiger partial charge in [0.25, 0.3) is 0 Å². The van der Waals surface area contributed by atoms with Crippen LogP contribution in [0.5, 0.6) is 0 Å². The van der Waals surface area contributed by atoms with Crippen LogP contribution in [0.3, 0.4) is 0 Å². The molecule has 0 bridgehead atoms. The maximum atomic E-state index is 4.87. The fourth-order valence-electron chi connectivity index (χ4n) is 0.616. The van der Waals surface area contributed by atoms with Crippen LogP contribution in [0.2, 0.25) is 0 Å². The Morgan fingerprint density at radius 3 is 2.50 bits per heavy atom. The third-order valence-corrected chi connectivity index (χ3v) is 1.11. The molecule has 0 spiro atoms. The van der Waals surface area contributed by atoms with Crippen LogP contribution in [0.15, 0.2) is 18.7 Å². The number of hydrogen-bond acceptors (Lipinski definition) is 2. The molecule has 1 aromatic rings. The highest BCUT2D eigenvalue weighted by Gasteiger charge is 1.85. The van der Waals surface area contributed by atoms with Crippen LogP contribution in [-0.2, 0) is 11.3 Å². The molecule has 0 saturated carbocycles. The van der Waals surface area contributed by atoms with Gasteiger partial charge < -0.3 is 9.30 Å². The molecule has 3 nitrogen and oxygen atoms in total. The maximum Gasteiger partial charge on any atom is 0.0946 e. The highest BCUT2D eigenvalue weighted by molar-refractivity contribution is 4.73. The van der Waals surface area contributed by atoms with Crippen LogP contribution in [0, 0.1) is 0 Å². The molecule has 1 aromatic heterocycles. The summed E-state index contributed by atoms with van der Waals surface area (Å²) in [6.07, 6.45) is 6.70. The molecule has 0 atom stereocenters. The molecule has 0 fully saturated rings. The lowest BCUT2D eigenvalue weighted by molar-refractivity contribution is 0.187. The Hall–Kier alpha value is -0.830. The molecule has 12 heavy (non-hydrogen) atoms. The van der Waals surface area contributed by atoms with E-state index >= 15 is 0 Å². The van der Waals surface area contributed by atoms with Crippen molar-refractivity contribution in [1.29, 1.82) is 0 Å². The molecule has 0 aliphatic rings. The molecule has 1 heterocycles. The molecule has 3 heteroatoms. The summed E-state index contributed by atoms with van der Waals surface area (Å²) in [7, 11) is 1.69. The average Bonchev–Trinajstić information content (AvgIpc) is 2.54. The summed E-state index contributed by atoms with van der Waals surface area (Å²) >= 11 is 0.